The molecule has 1 aromatic heterocycles. The summed E-state index contributed by atoms with van der Waals surface area (Å²) in [5.41, 5.74) is 1.37. The monoisotopic (exact) mass is 363 g/mol. The van der Waals surface area contributed by atoms with Crippen molar-refractivity contribution in [3.63, 3.8) is 0 Å². The molecule has 27 heavy (non-hydrogen) atoms. The van der Waals surface area contributed by atoms with E-state index >= 15 is 0 Å². The predicted molar refractivity (Wildman–Crippen MR) is 105 cm³/mol. The second kappa shape index (κ2) is 5.85. The zero-order valence-electron chi connectivity index (χ0n) is 16.7. The molecule has 0 saturated heterocycles. The lowest BCUT2D eigenvalue weighted by atomic mass is 9.51. The fourth-order valence-corrected chi connectivity index (χ4v) is 9.17. The summed E-state index contributed by atoms with van der Waals surface area (Å²) in [5, 5.41) is 13.6. The molecule has 0 aliphatic heterocycles. The summed E-state index contributed by atoms with van der Waals surface area (Å²) in [6.45, 7) is 3.55. The molecular formula is C24H33N3. The fraction of sp³-hybridized carbons (Fsp3) is 0.833. The van der Waals surface area contributed by atoms with Gasteiger partial charge in [0.05, 0.1) is 11.8 Å². The summed E-state index contributed by atoms with van der Waals surface area (Å²) in [6, 6.07) is 2.23. The Morgan fingerprint density at radius 1 is 1.07 bits per heavy atom. The minimum Gasteiger partial charge on any atom is -0.271 e. The molecule has 5 aliphatic carbocycles. The molecule has 0 aromatic carbocycles. The summed E-state index contributed by atoms with van der Waals surface area (Å²) in [6.07, 6.45) is 17.3. The van der Waals surface area contributed by atoms with E-state index in [0.717, 1.165) is 53.9 Å². The van der Waals surface area contributed by atoms with Gasteiger partial charge in [0, 0.05) is 12.7 Å². The van der Waals surface area contributed by atoms with E-state index in [1.165, 1.54) is 57.8 Å². The van der Waals surface area contributed by atoms with Gasteiger partial charge in [-0.3, -0.25) is 4.68 Å². The Labute approximate surface area is 163 Å². The topological polar surface area (TPSA) is 41.6 Å². The number of fused-ring (bicyclic) bond motifs is 4. The Kier molecular flexibility index (Phi) is 3.60. The molecule has 1 heterocycles. The fourth-order valence-electron chi connectivity index (χ4n) is 9.17. The van der Waals surface area contributed by atoms with E-state index in [4.69, 9.17) is 5.26 Å². The second-order valence-electron chi connectivity index (χ2n) is 10.9. The van der Waals surface area contributed by atoms with Crippen LogP contribution in [0.3, 0.4) is 0 Å². The van der Waals surface area contributed by atoms with Crippen LogP contribution >= 0.6 is 0 Å². The SMILES string of the molecule is CC1CCC2C(CCC3C2CCC24C3CCC2C4Cn2cc(C#N)cn2)C1. The average molecular weight is 364 g/mol. The highest BCUT2D eigenvalue weighted by Gasteiger charge is 2.73. The van der Waals surface area contributed by atoms with E-state index in [-0.39, 0.29) is 0 Å². The smallest absolute Gasteiger partial charge is 0.102 e. The molecule has 3 heteroatoms. The van der Waals surface area contributed by atoms with Gasteiger partial charge in [-0.15, -0.1) is 0 Å². The zero-order valence-corrected chi connectivity index (χ0v) is 16.7. The third-order valence-corrected chi connectivity index (χ3v) is 10.1. The van der Waals surface area contributed by atoms with Gasteiger partial charge in [0.1, 0.15) is 6.07 Å². The molecule has 3 nitrogen and oxygen atoms in total. The highest BCUT2D eigenvalue weighted by molar-refractivity contribution is 5.24. The van der Waals surface area contributed by atoms with Crippen molar-refractivity contribution in [2.75, 3.05) is 0 Å². The molecule has 1 spiro atoms. The molecule has 0 radical (unpaired) electrons. The third-order valence-electron chi connectivity index (χ3n) is 10.1. The third kappa shape index (κ3) is 2.28. The Balaban J connectivity index is 1.21. The molecule has 0 bridgehead atoms. The maximum atomic E-state index is 9.09. The van der Waals surface area contributed by atoms with Crippen LogP contribution in [0.4, 0.5) is 0 Å². The zero-order chi connectivity index (χ0) is 18.2. The Morgan fingerprint density at radius 2 is 1.93 bits per heavy atom. The Hall–Kier alpha value is -1.30. The first kappa shape index (κ1) is 16.6. The summed E-state index contributed by atoms with van der Waals surface area (Å²) in [7, 11) is 0. The van der Waals surface area contributed by atoms with Gasteiger partial charge in [0.25, 0.3) is 0 Å². The van der Waals surface area contributed by atoms with Crippen molar-refractivity contribution < 1.29 is 0 Å². The molecule has 144 valence electrons. The predicted octanol–water partition coefficient (Wildman–Crippen LogP) is 5.27. The lowest BCUT2D eigenvalue weighted by Crippen LogP contribution is -2.46. The quantitative estimate of drug-likeness (QED) is 0.718. The highest BCUT2D eigenvalue weighted by Crippen LogP contribution is 2.78. The first-order valence-electron chi connectivity index (χ1n) is 11.6. The van der Waals surface area contributed by atoms with Crippen molar-refractivity contribution in [1.82, 2.24) is 9.78 Å². The standard InChI is InChI=1S/C24H33N3/c1-15-2-4-18-17(10-15)3-5-20-19(18)8-9-24-21(20)6-7-22(24)23(24)14-27-13-16(11-25)12-26-27/h12-13,15,17-23H,2-10,14H2,1H3. The maximum absolute atomic E-state index is 9.09. The van der Waals surface area contributed by atoms with Gasteiger partial charge >= 0.3 is 0 Å². The number of nitriles is 1. The minimum atomic E-state index is 0.661. The van der Waals surface area contributed by atoms with Crippen LogP contribution in [-0.2, 0) is 6.54 Å². The summed E-state index contributed by atoms with van der Waals surface area (Å²) in [5.74, 6) is 8.02. The maximum Gasteiger partial charge on any atom is 0.102 e. The minimum absolute atomic E-state index is 0.661. The van der Waals surface area contributed by atoms with Crippen LogP contribution in [0.2, 0.25) is 0 Å². The van der Waals surface area contributed by atoms with E-state index in [1.54, 1.807) is 6.20 Å². The van der Waals surface area contributed by atoms with E-state index in [0.29, 0.717) is 11.0 Å². The van der Waals surface area contributed by atoms with Crippen LogP contribution in [0, 0.1) is 64.1 Å². The van der Waals surface area contributed by atoms with Gasteiger partial charge in [0.15, 0.2) is 0 Å². The van der Waals surface area contributed by atoms with E-state index in [9.17, 15) is 0 Å². The molecule has 5 aliphatic rings. The summed E-state index contributed by atoms with van der Waals surface area (Å²) < 4.78 is 2.07. The molecule has 0 amide bonds. The van der Waals surface area contributed by atoms with Crippen molar-refractivity contribution in [2.45, 2.75) is 71.3 Å². The number of nitrogens with zero attached hydrogens (tertiary/aromatic N) is 3. The number of rotatable bonds is 2. The molecule has 9 atom stereocenters. The van der Waals surface area contributed by atoms with Crippen molar-refractivity contribution in [3.8, 4) is 6.07 Å². The van der Waals surface area contributed by atoms with E-state index < -0.39 is 0 Å². The van der Waals surface area contributed by atoms with Gasteiger partial charge in [-0.25, -0.2) is 0 Å². The number of hydrogen-bond acceptors (Lipinski definition) is 2. The van der Waals surface area contributed by atoms with Crippen molar-refractivity contribution >= 4 is 0 Å². The number of hydrogen-bond donors (Lipinski definition) is 0. The molecule has 1 aromatic rings. The van der Waals surface area contributed by atoms with Crippen LogP contribution in [0.25, 0.3) is 0 Å². The van der Waals surface area contributed by atoms with Crippen molar-refractivity contribution in [1.29, 1.82) is 5.26 Å². The molecule has 6 rings (SSSR count). The second-order valence-corrected chi connectivity index (χ2v) is 10.9. The van der Waals surface area contributed by atoms with Crippen LogP contribution < -0.4 is 0 Å². The van der Waals surface area contributed by atoms with Crippen LogP contribution in [-0.4, -0.2) is 9.78 Å². The van der Waals surface area contributed by atoms with Crippen LogP contribution in [0.15, 0.2) is 12.4 Å². The summed E-state index contributed by atoms with van der Waals surface area (Å²) in [4.78, 5) is 0. The van der Waals surface area contributed by atoms with Gasteiger partial charge in [0.2, 0.25) is 0 Å². The Morgan fingerprint density at radius 3 is 2.78 bits per heavy atom. The molecule has 5 saturated carbocycles. The largest absolute Gasteiger partial charge is 0.271 e. The lowest BCUT2D eigenvalue weighted by molar-refractivity contribution is -0.0435. The first-order valence-corrected chi connectivity index (χ1v) is 11.6. The van der Waals surface area contributed by atoms with Crippen molar-refractivity contribution in [3.05, 3.63) is 18.0 Å². The van der Waals surface area contributed by atoms with Crippen LogP contribution in [0.5, 0.6) is 0 Å². The van der Waals surface area contributed by atoms with E-state index in [2.05, 4.69) is 22.8 Å². The molecule has 5 fully saturated rings. The van der Waals surface area contributed by atoms with Gasteiger partial charge < -0.3 is 0 Å². The Bertz CT molecular complexity index is 775. The van der Waals surface area contributed by atoms with Gasteiger partial charge in [-0.2, -0.15) is 10.4 Å². The lowest BCUT2D eigenvalue weighted by Gasteiger charge is -2.54. The summed E-state index contributed by atoms with van der Waals surface area (Å²) >= 11 is 0. The van der Waals surface area contributed by atoms with Crippen molar-refractivity contribution in [2.24, 2.45) is 52.8 Å². The van der Waals surface area contributed by atoms with Gasteiger partial charge in [-0.05, 0) is 104 Å². The average Bonchev–Trinajstić information content (AvgIpc) is 3.05. The number of aromatic nitrogens is 2. The van der Waals surface area contributed by atoms with E-state index in [1.807, 2.05) is 6.20 Å². The van der Waals surface area contributed by atoms with Crippen LogP contribution in [0.1, 0.15) is 70.3 Å². The molecular weight excluding hydrogens is 330 g/mol. The van der Waals surface area contributed by atoms with Gasteiger partial charge in [-0.1, -0.05) is 13.3 Å². The first-order chi connectivity index (χ1) is 13.2. The normalized spacial score (nSPS) is 50.1. The molecule has 9 unspecified atom stereocenters. The highest BCUT2D eigenvalue weighted by atomic mass is 15.3. The molecule has 0 N–H and O–H groups in total.